The van der Waals surface area contributed by atoms with Crippen LogP contribution in [0.5, 0.6) is 0 Å². The summed E-state index contributed by atoms with van der Waals surface area (Å²) in [6, 6.07) is 18.1. The number of hydrogen-bond donors (Lipinski definition) is 0. The van der Waals surface area contributed by atoms with Crippen molar-refractivity contribution < 1.29 is 0 Å². The van der Waals surface area contributed by atoms with E-state index in [-0.39, 0.29) is 0 Å². The highest BCUT2D eigenvalue weighted by molar-refractivity contribution is 7.25. The lowest BCUT2D eigenvalue weighted by Crippen LogP contribution is -2.46. The van der Waals surface area contributed by atoms with E-state index in [0.29, 0.717) is 0 Å². The minimum atomic E-state index is -0.544. The van der Waals surface area contributed by atoms with Crippen LogP contribution < -0.4 is 10.4 Å². The minimum Gasteiger partial charge on any atom is -0.0750 e. The SMILES string of the molecule is C[Si][Si](c1ccc(C)cc1)c1ccc(C)cc1. The van der Waals surface area contributed by atoms with Crippen LogP contribution in [0.15, 0.2) is 48.5 Å². The van der Waals surface area contributed by atoms with Gasteiger partial charge in [-0.3, -0.25) is 0 Å². The van der Waals surface area contributed by atoms with Crippen molar-refractivity contribution in [2.24, 2.45) is 0 Å². The highest BCUT2D eigenvalue weighted by Gasteiger charge is 2.14. The normalized spacial score (nSPS) is 10.8. The first-order chi connectivity index (χ1) is 8.20. The van der Waals surface area contributed by atoms with Gasteiger partial charge >= 0.3 is 0 Å². The summed E-state index contributed by atoms with van der Waals surface area (Å²) in [5.41, 5.74) is 2.69. The van der Waals surface area contributed by atoms with E-state index in [9.17, 15) is 0 Å². The largest absolute Gasteiger partial charge is 0.106 e. The summed E-state index contributed by atoms with van der Waals surface area (Å²) in [6.07, 6.45) is 0. The summed E-state index contributed by atoms with van der Waals surface area (Å²) >= 11 is 0. The Labute approximate surface area is 108 Å². The summed E-state index contributed by atoms with van der Waals surface area (Å²) < 4.78 is 0. The minimum absolute atomic E-state index is 0.544. The van der Waals surface area contributed by atoms with Gasteiger partial charge in [0, 0.05) is 9.04 Å². The van der Waals surface area contributed by atoms with Crippen molar-refractivity contribution in [3.63, 3.8) is 0 Å². The van der Waals surface area contributed by atoms with E-state index in [0.717, 1.165) is 9.04 Å². The van der Waals surface area contributed by atoms with Crippen LogP contribution in [0.3, 0.4) is 0 Å². The Balaban J connectivity index is 2.33. The second-order valence-corrected chi connectivity index (χ2v) is 9.76. The van der Waals surface area contributed by atoms with E-state index in [4.69, 9.17) is 0 Å². The van der Waals surface area contributed by atoms with Crippen LogP contribution >= 0.6 is 0 Å². The van der Waals surface area contributed by atoms with Gasteiger partial charge in [0.25, 0.3) is 0 Å². The van der Waals surface area contributed by atoms with Crippen LogP contribution in [0.4, 0.5) is 0 Å². The molecule has 0 aliphatic rings. The highest BCUT2D eigenvalue weighted by Crippen LogP contribution is 1.98. The van der Waals surface area contributed by atoms with Crippen molar-refractivity contribution in [3.05, 3.63) is 59.7 Å². The predicted octanol–water partition coefficient (Wildman–Crippen LogP) is 2.16. The van der Waals surface area contributed by atoms with Gasteiger partial charge in [-0.2, -0.15) is 0 Å². The van der Waals surface area contributed by atoms with Crippen molar-refractivity contribution in [2.75, 3.05) is 0 Å². The molecule has 0 heterocycles. The molecule has 0 aliphatic carbocycles. The molecule has 0 N–H and O–H groups in total. The molecule has 0 atom stereocenters. The van der Waals surface area contributed by atoms with Crippen molar-refractivity contribution in [2.45, 2.75) is 20.4 Å². The first-order valence-electron chi connectivity index (χ1n) is 5.89. The van der Waals surface area contributed by atoms with Gasteiger partial charge in [-0.25, -0.2) is 0 Å². The van der Waals surface area contributed by atoms with Gasteiger partial charge in [-0.1, -0.05) is 76.6 Å². The smallest absolute Gasteiger partial charge is 0.0750 e. The zero-order valence-electron chi connectivity index (χ0n) is 10.6. The summed E-state index contributed by atoms with van der Waals surface area (Å²) in [6.45, 7) is 6.63. The molecule has 0 aromatic heterocycles. The van der Waals surface area contributed by atoms with Gasteiger partial charge in [0.05, 0.1) is 0 Å². The molecule has 0 bridgehead atoms. The fourth-order valence-electron chi connectivity index (χ4n) is 1.90. The Morgan fingerprint density at radius 1 is 0.706 bits per heavy atom. The molecule has 0 fully saturated rings. The molecule has 2 aromatic rings. The third-order valence-electron chi connectivity index (χ3n) is 2.93. The quantitative estimate of drug-likeness (QED) is 0.736. The van der Waals surface area contributed by atoms with Crippen LogP contribution in [-0.2, 0) is 0 Å². The fourth-order valence-corrected chi connectivity index (χ4v) is 6.54. The Morgan fingerprint density at radius 3 is 1.35 bits per heavy atom. The summed E-state index contributed by atoms with van der Waals surface area (Å²) in [5.74, 6) is 0. The second-order valence-electron chi connectivity index (χ2n) is 4.36. The second kappa shape index (κ2) is 5.47. The van der Waals surface area contributed by atoms with Crippen molar-refractivity contribution in [1.82, 2.24) is 0 Å². The lowest BCUT2D eigenvalue weighted by molar-refractivity contribution is 1.48. The predicted molar refractivity (Wildman–Crippen MR) is 79.0 cm³/mol. The first kappa shape index (κ1) is 12.3. The Kier molecular flexibility index (Phi) is 3.97. The zero-order valence-corrected chi connectivity index (χ0v) is 12.6. The molecule has 0 nitrogen and oxygen atoms in total. The summed E-state index contributed by atoms with van der Waals surface area (Å²) in [5, 5.41) is 3.07. The number of aryl methyl sites for hydroxylation is 2. The van der Waals surface area contributed by atoms with Gasteiger partial charge < -0.3 is 0 Å². The van der Waals surface area contributed by atoms with Gasteiger partial charge in [0.15, 0.2) is 0 Å². The molecule has 2 heteroatoms. The van der Waals surface area contributed by atoms with E-state index in [1.54, 1.807) is 0 Å². The molecule has 0 unspecified atom stereocenters. The maximum Gasteiger partial charge on any atom is 0.106 e. The molecule has 3 radical (unpaired) electrons. The van der Waals surface area contributed by atoms with Crippen LogP contribution in [0, 0.1) is 13.8 Å². The fraction of sp³-hybridized carbons (Fsp3) is 0.200. The van der Waals surface area contributed by atoms with E-state index in [1.807, 2.05) is 0 Å². The molecule has 85 valence electrons. The zero-order chi connectivity index (χ0) is 12.3. The number of benzene rings is 2. The molecular weight excluding hydrogens is 236 g/mol. The molecule has 2 rings (SSSR count). The Hall–Kier alpha value is -1.13. The van der Waals surface area contributed by atoms with Crippen molar-refractivity contribution in [3.8, 4) is 0 Å². The van der Waals surface area contributed by atoms with Crippen LogP contribution in [0.25, 0.3) is 0 Å². The van der Waals surface area contributed by atoms with Gasteiger partial charge in [0.1, 0.15) is 8.31 Å². The average molecular weight is 253 g/mol. The van der Waals surface area contributed by atoms with E-state index >= 15 is 0 Å². The molecule has 17 heavy (non-hydrogen) atoms. The Morgan fingerprint density at radius 2 is 1.06 bits per heavy atom. The summed E-state index contributed by atoms with van der Waals surface area (Å²) in [7, 11) is 0.455. The number of hydrogen-bond acceptors (Lipinski definition) is 0. The molecular formula is C15H17Si2. The number of rotatable bonds is 3. The third-order valence-corrected chi connectivity index (χ3v) is 8.48. The average Bonchev–Trinajstić information content (AvgIpc) is 2.35. The van der Waals surface area contributed by atoms with E-state index < -0.39 is 8.31 Å². The van der Waals surface area contributed by atoms with Gasteiger partial charge in [-0.15, -0.1) is 0 Å². The molecule has 0 saturated heterocycles. The lowest BCUT2D eigenvalue weighted by atomic mass is 10.2. The summed E-state index contributed by atoms with van der Waals surface area (Å²) in [4.78, 5) is 0. The van der Waals surface area contributed by atoms with Crippen molar-refractivity contribution >= 4 is 27.7 Å². The highest BCUT2D eigenvalue weighted by atomic mass is 29.2. The topological polar surface area (TPSA) is 0 Å². The van der Waals surface area contributed by atoms with Crippen molar-refractivity contribution in [1.29, 1.82) is 0 Å². The molecule has 0 aliphatic heterocycles. The molecule has 2 aromatic carbocycles. The molecule has 0 amide bonds. The van der Waals surface area contributed by atoms with E-state index in [2.05, 4.69) is 68.9 Å². The van der Waals surface area contributed by atoms with Gasteiger partial charge in [-0.05, 0) is 13.8 Å². The first-order valence-corrected chi connectivity index (χ1v) is 9.89. The van der Waals surface area contributed by atoms with E-state index in [1.165, 1.54) is 21.5 Å². The van der Waals surface area contributed by atoms with Crippen LogP contribution in [0.1, 0.15) is 11.1 Å². The lowest BCUT2D eigenvalue weighted by Gasteiger charge is -2.14. The maximum absolute atomic E-state index is 2.33. The maximum atomic E-state index is 2.33. The van der Waals surface area contributed by atoms with Gasteiger partial charge in [0.2, 0.25) is 0 Å². The standard InChI is InChI=1S/C15H17Si2/c1-12-4-8-14(9-5-12)17(16-3)15-10-6-13(2)7-11-15/h4-11H,1-3H3. The Bertz CT molecular complexity index is 426. The molecule has 0 spiro atoms. The monoisotopic (exact) mass is 253 g/mol. The van der Waals surface area contributed by atoms with Crippen LogP contribution in [-0.4, -0.2) is 17.4 Å². The third kappa shape index (κ3) is 2.96. The van der Waals surface area contributed by atoms with Crippen LogP contribution in [0.2, 0.25) is 6.55 Å². The molecule has 0 saturated carbocycles.